The van der Waals surface area contributed by atoms with Crippen LogP contribution in [0, 0.1) is 0 Å². The second-order valence-corrected chi connectivity index (χ2v) is 8.34. The quantitative estimate of drug-likeness (QED) is 0.490. The van der Waals surface area contributed by atoms with Gasteiger partial charge in [-0.3, -0.25) is 28.3 Å². The van der Waals surface area contributed by atoms with Gasteiger partial charge in [-0.25, -0.2) is 0 Å². The number of aromatic nitrogens is 2. The molecule has 0 fully saturated rings. The number of hydrogen-bond donors (Lipinski definition) is 2. The number of nitrogens with zero attached hydrogens (tertiary/aromatic N) is 2. The molecule has 4 N–H and O–H groups in total. The van der Waals surface area contributed by atoms with Crippen molar-refractivity contribution in [2.45, 2.75) is 13.1 Å². The molecule has 0 unspecified atom stereocenters. The Morgan fingerprint density at radius 1 is 0.828 bits per heavy atom. The molecule has 2 amide bonds. The van der Waals surface area contributed by atoms with E-state index < -0.39 is 11.8 Å². The van der Waals surface area contributed by atoms with E-state index in [4.69, 9.17) is 23.1 Å². The Kier molecular flexibility index (Phi) is 6.16. The van der Waals surface area contributed by atoms with E-state index in [2.05, 4.69) is 0 Å². The molecule has 0 atom stereocenters. The number of thiazole rings is 2. The van der Waals surface area contributed by atoms with Gasteiger partial charge in [-0.05, 0) is 30.3 Å². The van der Waals surface area contributed by atoms with Crippen molar-refractivity contribution in [1.82, 2.24) is 9.13 Å². The molecular weight excluding hydrogens is 436 g/mol. The fourth-order valence-corrected chi connectivity index (χ4v) is 4.72. The summed E-state index contributed by atoms with van der Waals surface area (Å²) >= 11 is 7.96. The Bertz CT molecular complexity index is 1340. The normalized spacial score (nSPS) is 10.7. The first-order valence-electron chi connectivity index (χ1n) is 8.20. The maximum absolute atomic E-state index is 11.5. The SMILES string of the molecule is NC(=O)Cn1c(=O)sc2cc(Cl)ccc21.NC(=O)Cn1c(=O)sc2ccccc21. The summed E-state index contributed by atoms with van der Waals surface area (Å²) < 4.78 is 4.37. The topological polar surface area (TPSA) is 130 Å². The first-order valence-corrected chi connectivity index (χ1v) is 10.2. The van der Waals surface area contributed by atoms with E-state index in [1.54, 1.807) is 24.3 Å². The number of para-hydroxylation sites is 1. The van der Waals surface area contributed by atoms with Gasteiger partial charge in [0.15, 0.2) is 0 Å². The first-order chi connectivity index (χ1) is 13.8. The Labute approximate surface area is 176 Å². The summed E-state index contributed by atoms with van der Waals surface area (Å²) in [7, 11) is 0. The second kappa shape index (κ2) is 8.60. The third-order valence-corrected chi connectivity index (χ3v) is 5.97. The molecule has 11 heteroatoms. The van der Waals surface area contributed by atoms with Gasteiger partial charge < -0.3 is 11.5 Å². The molecule has 0 radical (unpaired) electrons. The minimum Gasteiger partial charge on any atom is -0.368 e. The number of carbonyl (C=O) groups excluding carboxylic acids is 2. The molecule has 4 aromatic rings. The predicted octanol–water partition coefficient (Wildman–Crippen LogP) is 1.75. The Balaban J connectivity index is 0.000000166. The second-order valence-electron chi connectivity index (χ2n) is 5.92. The van der Waals surface area contributed by atoms with Crippen molar-refractivity contribution in [3.8, 4) is 0 Å². The van der Waals surface area contributed by atoms with E-state index in [1.165, 1.54) is 9.13 Å². The molecule has 150 valence electrons. The van der Waals surface area contributed by atoms with Crippen LogP contribution < -0.4 is 21.2 Å². The minimum atomic E-state index is -0.535. The number of nitrogens with two attached hydrogens (primary N) is 2. The maximum atomic E-state index is 11.5. The number of benzene rings is 2. The fourth-order valence-electron chi connectivity index (χ4n) is 2.67. The lowest BCUT2D eigenvalue weighted by atomic mass is 10.3. The van der Waals surface area contributed by atoms with E-state index in [0.29, 0.717) is 10.5 Å². The smallest absolute Gasteiger partial charge is 0.308 e. The van der Waals surface area contributed by atoms with Crippen molar-refractivity contribution in [2.75, 3.05) is 0 Å². The molecule has 2 aromatic carbocycles. The van der Waals surface area contributed by atoms with Gasteiger partial charge in [-0.15, -0.1) is 0 Å². The monoisotopic (exact) mass is 450 g/mol. The molecule has 2 aromatic heterocycles. The van der Waals surface area contributed by atoms with Crippen molar-refractivity contribution in [2.24, 2.45) is 11.5 Å². The van der Waals surface area contributed by atoms with Crippen LogP contribution in [0.3, 0.4) is 0 Å². The predicted molar refractivity (Wildman–Crippen MR) is 116 cm³/mol. The van der Waals surface area contributed by atoms with Crippen LogP contribution in [0.2, 0.25) is 5.02 Å². The highest BCUT2D eigenvalue weighted by Gasteiger charge is 2.09. The van der Waals surface area contributed by atoms with Gasteiger partial charge in [0.2, 0.25) is 11.8 Å². The van der Waals surface area contributed by atoms with E-state index in [9.17, 15) is 19.2 Å². The first kappa shape index (κ1) is 20.8. The van der Waals surface area contributed by atoms with Crippen molar-refractivity contribution in [1.29, 1.82) is 0 Å². The number of rotatable bonds is 4. The largest absolute Gasteiger partial charge is 0.368 e. The number of fused-ring (bicyclic) bond motifs is 2. The zero-order chi connectivity index (χ0) is 21.1. The van der Waals surface area contributed by atoms with E-state index in [-0.39, 0.29) is 22.8 Å². The average Bonchev–Trinajstić information content (AvgIpc) is 3.11. The number of hydrogen-bond acceptors (Lipinski definition) is 6. The van der Waals surface area contributed by atoms with Crippen molar-refractivity contribution in [3.63, 3.8) is 0 Å². The molecule has 0 aliphatic heterocycles. The van der Waals surface area contributed by atoms with Crippen LogP contribution in [-0.2, 0) is 22.7 Å². The third kappa shape index (κ3) is 4.73. The highest BCUT2D eigenvalue weighted by atomic mass is 35.5. The standard InChI is InChI=1S/C9H7ClN2O2S.C9H8N2O2S/c10-5-1-2-6-7(3-5)15-9(14)12(6)4-8(11)13;10-8(12)5-11-6-3-1-2-4-7(6)14-9(11)13/h1-3H,4H2,(H2,11,13);1-4H,5H2,(H2,10,12). The van der Waals surface area contributed by atoms with E-state index in [0.717, 1.165) is 37.6 Å². The fraction of sp³-hybridized carbons (Fsp3) is 0.111. The number of primary amides is 2. The lowest BCUT2D eigenvalue weighted by Gasteiger charge is -1.99. The molecule has 4 rings (SSSR count). The number of halogens is 1. The van der Waals surface area contributed by atoms with Crippen molar-refractivity contribution >= 4 is 66.5 Å². The lowest BCUT2D eigenvalue weighted by Crippen LogP contribution is -2.24. The summed E-state index contributed by atoms with van der Waals surface area (Å²) in [5.74, 6) is -1.04. The maximum Gasteiger partial charge on any atom is 0.308 e. The van der Waals surface area contributed by atoms with Gasteiger partial charge in [0.1, 0.15) is 13.1 Å². The van der Waals surface area contributed by atoms with E-state index >= 15 is 0 Å². The summed E-state index contributed by atoms with van der Waals surface area (Å²) in [4.78, 5) is 44.1. The molecule has 0 saturated carbocycles. The highest BCUT2D eigenvalue weighted by Crippen LogP contribution is 2.21. The average molecular weight is 451 g/mol. The Hall–Kier alpha value is -2.95. The zero-order valence-corrected chi connectivity index (χ0v) is 17.2. The van der Waals surface area contributed by atoms with Crippen LogP contribution in [0.5, 0.6) is 0 Å². The highest BCUT2D eigenvalue weighted by molar-refractivity contribution is 7.16. The molecule has 0 spiro atoms. The van der Waals surface area contributed by atoms with E-state index in [1.807, 2.05) is 18.2 Å². The molecule has 8 nitrogen and oxygen atoms in total. The summed E-state index contributed by atoms with van der Waals surface area (Å²) in [6.45, 7) is -0.149. The van der Waals surface area contributed by atoms with Crippen LogP contribution in [-0.4, -0.2) is 20.9 Å². The van der Waals surface area contributed by atoms with Gasteiger partial charge in [-0.2, -0.15) is 0 Å². The Morgan fingerprint density at radius 2 is 1.34 bits per heavy atom. The van der Waals surface area contributed by atoms with Crippen LogP contribution in [0.1, 0.15) is 0 Å². The zero-order valence-electron chi connectivity index (χ0n) is 14.8. The van der Waals surface area contributed by atoms with Gasteiger partial charge in [0.05, 0.1) is 20.4 Å². The Morgan fingerprint density at radius 3 is 1.93 bits per heavy atom. The van der Waals surface area contributed by atoms with Crippen LogP contribution in [0.15, 0.2) is 52.1 Å². The molecule has 0 aliphatic rings. The number of carbonyl (C=O) groups is 2. The molecule has 29 heavy (non-hydrogen) atoms. The van der Waals surface area contributed by atoms with Crippen LogP contribution in [0.25, 0.3) is 20.4 Å². The summed E-state index contributed by atoms with van der Waals surface area (Å²) in [6.07, 6.45) is 0. The number of amides is 2. The van der Waals surface area contributed by atoms with Gasteiger partial charge in [-0.1, -0.05) is 46.4 Å². The van der Waals surface area contributed by atoms with Gasteiger partial charge in [0.25, 0.3) is 0 Å². The van der Waals surface area contributed by atoms with Gasteiger partial charge >= 0.3 is 9.75 Å². The lowest BCUT2D eigenvalue weighted by molar-refractivity contribution is -0.119. The summed E-state index contributed by atoms with van der Waals surface area (Å²) in [5.41, 5.74) is 11.6. The van der Waals surface area contributed by atoms with Crippen LogP contribution in [0.4, 0.5) is 0 Å². The molecule has 0 saturated heterocycles. The van der Waals surface area contributed by atoms with Crippen LogP contribution >= 0.6 is 34.3 Å². The molecular formula is C18H15ClN4O4S2. The molecule has 0 bridgehead atoms. The third-order valence-electron chi connectivity index (χ3n) is 3.83. The summed E-state index contributed by atoms with van der Waals surface area (Å²) in [6, 6.07) is 12.4. The van der Waals surface area contributed by atoms with Crippen molar-refractivity contribution < 1.29 is 9.59 Å². The molecule has 0 aliphatic carbocycles. The summed E-state index contributed by atoms with van der Waals surface area (Å²) in [5, 5.41) is 0.565. The van der Waals surface area contributed by atoms with Gasteiger partial charge in [0, 0.05) is 5.02 Å². The molecule has 2 heterocycles. The minimum absolute atomic E-state index is 0.0527. The van der Waals surface area contributed by atoms with Crippen molar-refractivity contribution in [3.05, 3.63) is 66.8 Å².